The summed E-state index contributed by atoms with van der Waals surface area (Å²) in [6.45, 7) is 6.58. The zero-order chi connectivity index (χ0) is 12.1. The molecule has 3 saturated carbocycles. The molecule has 3 aliphatic rings. The van der Waals surface area contributed by atoms with Gasteiger partial charge < -0.3 is 0 Å². The minimum atomic E-state index is -0.554. The second-order valence-corrected chi connectivity index (χ2v) is 9.14. The van der Waals surface area contributed by atoms with E-state index < -0.39 is 8.67 Å². The van der Waals surface area contributed by atoms with Gasteiger partial charge in [0.25, 0.3) is 0 Å². The van der Waals surface area contributed by atoms with E-state index >= 15 is 0 Å². The number of fused-ring (bicyclic) bond motifs is 2. The number of rotatable bonds is 1. The average Bonchev–Trinajstić information content (AvgIpc) is 2.79. The van der Waals surface area contributed by atoms with E-state index in [4.69, 9.17) is 46.4 Å². The maximum atomic E-state index is 6.49. The third-order valence-electron chi connectivity index (χ3n) is 5.68. The molecule has 0 saturated heterocycles. The first-order valence-electron chi connectivity index (χ1n) is 5.88. The Labute approximate surface area is 117 Å². The van der Waals surface area contributed by atoms with E-state index in [0.717, 1.165) is 12.8 Å². The largest absolute Gasteiger partial charge is 0.128 e. The molecule has 0 aromatic carbocycles. The van der Waals surface area contributed by atoms with Crippen LogP contribution >= 0.6 is 46.4 Å². The van der Waals surface area contributed by atoms with Crippen molar-refractivity contribution in [3.05, 3.63) is 0 Å². The second-order valence-electron chi connectivity index (χ2n) is 6.37. The molecule has 0 N–H and O–H groups in total. The van der Waals surface area contributed by atoms with Crippen molar-refractivity contribution < 1.29 is 0 Å². The van der Waals surface area contributed by atoms with Crippen LogP contribution in [-0.2, 0) is 0 Å². The molecule has 0 aromatic rings. The van der Waals surface area contributed by atoms with Crippen LogP contribution in [0.25, 0.3) is 0 Å². The average molecular weight is 302 g/mol. The van der Waals surface area contributed by atoms with Gasteiger partial charge >= 0.3 is 0 Å². The maximum absolute atomic E-state index is 6.49. The predicted octanol–water partition coefficient (Wildman–Crippen LogP) is 5.04. The smallest absolute Gasteiger partial charge is 0.101 e. The lowest BCUT2D eigenvalue weighted by Gasteiger charge is -2.27. The summed E-state index contributed by atoms with van der Waals surface area (Å²) in [7, 11) is 0. The Balaban J connectivity index is 1.95. The molecule has 0 aliphatic heterocycles. The van der Waals surface area contributed by atoms with Crippen molar-refractivity contribution in [2.24, 2.45) is 28.6 Å². The number of hydrogen-bond acceptors (Lipinski definition) is 0. The van der Waals surface area contributed by atoms with E-state index in [1.54, 1.807) is 0 Å². The Morgan fingerprint density at radius 1 is 0.938 bits per heavy atom. The van der Waals surface area contributed by atoms with E-state index in [0.29, 0.717) is 17.8 Å². The molecular formula is C12H16Cl4. The monoisotopic (exact) mass is 300 g/mol. The number of halogens is 4. The molecule has 4 atom stereocenters. The van der Waals surface area contributed by atoms with Crippen LogP contribution in [-0.4, -0.2) is 8.67 Å². The van der Waals surface area contributed by atoms with Crippen LogP contribution in [0.15, 0.2) is 0 Å². The molecule has 0 heterocycles. The minimum Gasteiger partial charge on any atom is -0.101 e. The number of hydrogen-bond donors (Lipinski definition) is 0. The van der Waals surface area contributed by atoms with Crippen molar-refractivity contribution in [3.63, 3.8) is 0 Å². The maximum Gasteiger partial charge on any atom is 0.128 e. The van der Waals surface area contributed by atoms with Gasteiger partial charge in [0.2, 0.25) is 0 Å². The van der Waals surface area contributed by atoms with Gasteiger partial charge in [-0.15, -0.1) is 46.4 Å². The van der Waals surface area contributed by atoms with E-state index in [9.17, 15) is 0 Å². The number of alkyl halides is 4. The second kappa shape index (κ2) is 2.84. The normalized spacial score (nSPS) is 55.5. The fraction of sp³-hybridized carbons (Fsp3) is 1.00. The van der Waals surface area contributed by atoms with Gasteiger partial charge in [-0.25, -0.2) is 0 Å². The summed E-state index contributed by atoms with van der Waals surface area (Å²) in [5.41, 5.74) is 0.0799. The van der Waals surface area contributed by atoms with Crippen molar-refractivity contribution in [2.45, 2.75) is 42.3 Å². The van der Waals surface area contributed by atoms with Crippen LogP contribution in [0.3, 0.4) is 0 Å². The van der Waals surface area contributed by atoms with Gasteiger partial charge in [0, 0.05) is 22.7 Å². The van der Waals surface area contributed by atoms with Crippen LogP contribution in [0.1, 0.15) is 33.6 Å². The Bertz CT molecular complexity index is 362. The zero-order valence-corrected chi connectivity index (χ0v) is 12.7. The molecule has 0 bridgehead atoms. The van der Waals surface area contributed by atoms with Crippen LogP contribution in [0.2, 0.25) is 0 Å². The molecule has 3 rings (SSSR count). The van der Waals surface area contributed by atoms with Gasteiger partial charge in [0.05, 0.1) is 0 Å². The third-order valence-corrected chi connectivity index (χ3v) is 8.30. The van der Waals surface area contributed by atoms with Crippen molar-refractivity contribution in [1.82, 2.24) is 0 Å². The van der Waals surface area contributed by atoms with Gasteiger partial charge in [0.15, 0.2) is 0 Å². The van der Waals surface area contributed by atoms with Gasteiger partial charge in [-0.1, -0.05) is 20.8 Å². The zero-order valence-electron chi connectivity index (χ0n) is 9.66. The molecule has 0 spiro atoms. The summed E-state index contributed by atoms with van der Waals surface area (Å²) in [6.07, 6.45) is 1.95. The van der Waals surface area contributed by atoms with Crippen molar-refractivity contribution in [2.75, 3.05) is 0 Å². The van der Waals surface area contributed by atoms with Gasteiger partial charge in [-0.05, 0) is 18.8 Å². The highest BCUT2D eigenvalue weighted by Gasteiger charge is 2.88. The summed E-state index contributed by atoms with van der Waals surface area (Å²) in [5, 5.41) is 0. The van der Waals surface area contributed by atoms with Crippen LogP contribution < -0.4 is 0 Å². The first kappa shape index (κ1) is 12.2. The lowest BCUT2D eigenvalue weighted by Crippen LogP contribution is -2.22. The fourth-order valence-corrected chi connectivity index (χ4v) is 6.47. The van der Waals surface area contributed by atoms with Crippen molar-refractivity contribution >= 4 is 46.4 Å². The van der Waals surface area contributed by atoms with Gasteiger partial charge in [-0.3, -0.25) is 0 Å². The summed E-state index contributed by atoms with van der Waals surface area (Å²) in [6, 6.07) is 0. The molecule has 0 radical (unpaired) electrons. The molecule has 16 heavy (non-hydrogen) atoms. The highest BCUT2D eigenvalue weighted by atomic mass is 35.5. The predicted molar refractivity (Wildman–Crippen MR) is 70.5 cm³/mol. The van der Waals surface area contributed by atoms with Crippen LogP contribution in [0, 0.1) is 28.6 Å². The quantitative estimate of drug-likeness (QED) is 0.595. The Hall–Kier alpha value is 1.16. The first-order chi connectivity index (χ1) is 7.12. The third kappa shape index (κ3) is 0.999. The summed E-state index contributed by atoms with van der Waals surface area (Å²) in [5.74, 6) is 1.21. The highest BCUT2D eigenvalue weighted by molar-refractivity contribution is 6.53. The van der Waals surface area contributed by atoms with Crippen LogP contribution in [0.4, 0.5) is 0 Å². The molecular weight excluding hydrogens is 286 g/mol. The molecule has 0 amide bonds. The van der Waals surface area contributed by atoms with E-state index in [2.05, 4.69) is 20.8 Å². The fourth-order valence-electron chi connectivity index (χ4n) is 4.23. The van der Waals surface area contributed by atoms with E-state index in [-0.39, 0.29) is 10.8 Å². The molecule has 3 fully saturated rings. The highest BCUT2D eigenvalue weighted by Crippen LogP contribution is 2.89. The standard InChI is InChI=1S/C12H16Cl4/c1-6(2)10-5-7-9(3,11(7,13)14)4-8(10)12(10,15)16/h6-8H,4-5H2,1-3H3/t7-,8+,9+,10+/m1/s1. The first-order valence-corrected chi connectivity index (χ1v) is 7.39. The molecule has 4 heteroatoms. The van der Waals surface area contributed by atoms with Gasteiger partial charge in [0.1, 0.15) is 8.67 Å². The molecule has 0 unspecified atom stereocenters. The summed E-state index contributed by atoms with van der Waals surface area (Å²) in [4.78, 5) is 0. The SMILES string of the molecule is CC(C)[C@@]12C[C@H]3C(Cl)(Cl)[C@@]3(C)C[C@@H]1C2(Cl)Cl. The van der Waals surface area contributed by atoms with E-state index in [1.807, 2.05) is 0 Å². The van der Waals surface area contributed by atoms with Crippen LogP contribution in [0.5, 0.6) is 0 Å². The molecule has 0 aromatic heterocycles. The molecule has 0 nitrogen and oxygen atoms in total. The minimum absolute atomic E-state index is 0.0324. The lowest BCUT2D eigenvalue weighted by molar-refractivity contribution is 0.207. The Kier molecular flexibility index (Phi) is 2.17. The molecule has 3 aliphatic carbocycles. The van der Waals surface area contributed by atoms with Crippen molar-refractivity contribution in [1.29, 1.82) is 0 Å². The molecule has 92 valence electrons. The summed E-state index contributed by atoms with van der Waals surface area (Å²) >= 11 is 25.7. The van der Waals surface area contributed by atoms with Gasteiger partial charge in [-0.2, -0.15) is 0 Å². The Morgan fingerprint density at radius 2 is 1.50 bits per heavy atom. The van der Waals surface area contributed by atoms with Crippen molar-refractivity contribution in [3.8, 4) is 0 Å². The summed E-state index contributed by atoms with van der Waals surface area (Å²) < 4.78 is -1.10. The van der Waals surface area contributed by atoms with E-state index in [1.165, 1.54) is 0 Å². The topological polar surface area (TPSA) is 0 Å². The Morgan fingerprint density at radius 3 is 2.00 bits per heavy atom. The lowest BCUT2D eigenvalue weighted by atomic mass is 9.76.